The van der Waals surface area contributed by atoms with E-state index in [1.807, 2.05) is 23.1 Å². The van der Waals surface area contributed by atoms with Crippen LogP contribution in [-0.2, 0) is 22.6 Å². The number of hydrogen-bond acceptors (Lipinski definition) is 3. The van der Waals surface area contributed by atoms with E-state index in [1.54, 1.807) is 11.3 Å². The van der Waals surface area contributed by atoms with Crippen LogP contribution in [0.1, 0.15) is 41.0 Å². The number of carbonyl (C=O) groups excluding carboxylic acids is 1. The molecule has 1 aromatic carbocycles. The fraction of sp³-hybridized carbons (Fsp3) is 0.455. The van der Waals surface area contributed by atoms with E-state index in [2.05, 4.69) is 31.2 Å². The molecule has 0 bridgehead atoms. The number of nitrogens with zero attached hydrogens (tertiary/aromatic N) is 1. The van der Waals surface area contributed by atoms with E-state index in [0.29, 0.717) is 38.8 Å². The monoisotopic (exact) mass is 385 g/mol. The zero-order chi connectivity index (χ0) is 19.2. The lowest BCUT2D eigenvalue weighted by atomic mass is 9.81. The lowest BCUT2D eigenvalue weighted by molar-refractivity contribution is -0.145. The van der Waals surface area contributed by atoms with Gasteiger partial charge in [0.1, 0.15) is 0 Å². The van der Waals surface area contributed by atoms with Gasteiger partial charge in [-0.25, -0.2) is 0 Å². The third kappa shape index (κ3) is 5.42. The highest BCUT2D eigenvalue weighted by Crippen LogP contribution is 2.31. The van der Waals surface area contributed by atoms with E-state index in [4.69, 9.17) is 0 Å². The molecule has 1 aliphatic rings. The van der Waals surface area contributed by atoms with Gasteiger partial charge in [0.25, 0.3) is 0 Å². The van der Waals surface area contributed by atoms with Crippen molar-refractivity contribution in [3.63, 3.8) is 0 Å². The molecule has 27 heavy (non-hydrogen) atoms. The molecule has 1 aromatic heterocycles. The third-order valence-electron chi connectivity index (χ3n) is 5.39. The highest BCUT2D eigenvalue weighted by molar-refractivity contribution is 7.11. The summed E-state index contributed by atoms with van der Waals surface area (Å²) in [5.41, 5.74) is 1.23. The van der Waals surface area contributed by atoms with Crippen molar-refractivity contribution in [3.8, 4) is 0 Å². The normalized spacial score (nSPS) is 19.6. The van der Waals surface area contributed by atoms with Crippen LogP contribution in [0.15, 0.2) is 42.5 Å². The van der Waals surface area contributed by atoms with E-state index in [1.165, 1.54) is 15.3 Å². The quantitative estimate of drug-likeness (QED) is 0.762. The average molecular weight is 386 g/mol. The number of benzene rings is 1. The van der Waals surface area contributed by atoms with Gasteiger partial charge >= 0.3 is 5.97 Å². The summed E-state index contributed by atoms with van der Waals surface area (Å²) >= 11 is 1.73. The third-order valence-corrected chi connectivity index (χ3v) is 6.38. The van der Waals surface area contributed by atoms with E-state index >= 15 is 0 Å². The summed E-state index contributed by atoms with van der Waals surface area (Å²) in [5, 5.41) is 9.19. The molecule has 1 amide bonds. The van der Waals surface area contributed by atoms with Gasteiger partial charge < -0.3 is 10.0 Å². The highest BCUT2D eigenvalue weighted by Gasteiger charge is 2.32. The van der Waals surface area contributed by atoms with Gasteiger partial charge in [-0.15, -0.1) is 11.3 Å². The standard InChI is InChI=1S/C22H27NO3S/c1-16-7-12-20(27-16)15-23(14-13-17-5-3-2-4-6-17)21(24)18-8-10-19(11-9-18)22(25)26/h2-7,12,18-19H,8-11,13-15H2,1H3,(H,25,26). The Bertz CT molecular complexity index is 763. The molecule has 0 radical (unpaired) electrons. The summed E-state index contributed by atoms with van der Waals surface area (Å²) in [6.07, 6.45) is 3.41. The van der Waals surface area contributed by atoms with E-state index < -0.39 is 5.97 Å². The fourth-order valence-electron chi connectivity index (χ4n) is 3.78. The van der Waals surface area contributed by atoms with Gasteiger partial charge in [-0.3, -0.25) is 9.59 Å². The minimum absolute atomic E-state index is 0.0440. The fourth-order valence-corrected chi connectivity index (χ4v) is 4.69. The number of carboxylic acids is 1. The van der Waals surface area contributed by atoms with Crippen molar-refractivity contribution in [2.75, 3.05) is 6.54 Å². The van der Waals surface area contributed by atoms with Crippen LogP contribution in [0.4, 0.5) is 0 Å². The molecule has 1 aliphatic carbocycles. The lowest BCUT2D eigenvalue weighted by Crippen LogP contribution is -2.39. The van der Waals surface area contributed by atoms with Crippen LogP contribution < -0.4 is 0 Å². The average Bonchev–Trinajstić information content (AvgIpc) is 3.10. The van der Waals surface area contributed by atoms with Crippen molar-refractivity contribution in [2.45, 2.75) is 45.6 Å². The first kappa shape index (κ1) is 19.6. The van der Waals surface area contributed by atoms with E-state index in [9.17, 15) is 14.7 Å². The molecule has 4 nitrogen and oxygen atoms in total. The first-order valence-corrected chi connectivity index (χ1v) is 10.5. The maximum atomic E-state index is 13.2. The maximum Gasteiger partial charge on any atom is 0.306 e. The molecule has 5 heteroatoms. The van der Waals surface area contributed by atoms with Gasteiger partial charge in [-0.1, -0.05) is 30.3 Å². The van der Waals surface area contributed by atoms with Gasteiger partial charge in [0.15, 0.2) is 0 Å². The summed E-state index contributed by atoms with van der Waals surface area (Å²) in [5.74, 6) is -0.874. The van der Waals surface area contributed by atoms with Crippen LogP contribution in [-0.4, -0.2) is 28.4 Å². The SMILES string of the molecule is Cc1ccc(CN(CCc2ccccc2)C(=O)C2CCC(C(=O)O)CC2)s1. The number of thiophene rings is 1. The number of aryl methyl sites for hydroxylation is 1. The van der Waals surface area contributed by atoms with Gasteiger partial charge in [-0.05, 0) is 56.7 Å². The molecule has 0 spiro atoms. The summed E-state index contributed by atoms with van der Waals surface area (Å²) in [4.78, 5) is 28.8. The van der Waals surface area contributed by atoms with Crippen LogP contribution in [0.2, 0.25) is 0 Å². The number of rotatable bonds is 7. The first-order chi connectivity index (χ1) is 13.0. The van der Waals surface area contributed by atoms with Crippen molar-refractivity contribution in [2.24, 2.45) is 11.8 Å². The van der Waals surface area contributed by atoms with Crippen LogP contribution in [0.25, 0.3) is 0 Å². The Labute approximate surface area is 164 Å². The van der Waals surface area contributed by atoms with Crippen LogP contribution in [0.5, 0.6) is 0 Å². The van der Waals surface area contributed by atoms with Crippen molar-refractivity contribution >= 4 is 23.2 Å². The summed E-state index contributed by atoms with van der Waals surface area (Å²) in [7, 11) is 0. The Kier molecular flexibility index (Phi) is 6.67. The Morgan fingerprint density at radius 3 is 2.30 bits per heavy atom. The molecule has 3 rings (SSSR count). The number of carbonyl (C=O) groups is 2. The van der Waals surface area contributed by atoms with Crippen molar-refractivity contribution in [1.82, 2.24) is 4.90 Å². The smallest absolute Gasteiger partial charge is 0.306 e. The van der Waals surface area contributed by atoms with Crippen LogP contribution >= 0.6 is 11.3 Å². The Balaban J connectivity index is 1.66. The highest BCUT2D eigenvalue weighted by atomic mass is 32.1. The number of hydrogen-bond donors (Lipinski definition) is 1. The lowest BCUT2D eigenvalue weighted by Gasteiger charge is -2.31. The van der Waals surface area contributed by atoms with Crippen molar-refractivity contribution in [3.05, 3.63) is 57.8 Å². The largest absolute Gasteiger partial charge is 0.481 e. The molecular weight excluding hydrogens is 358 g/mol. The first-order valence-electron chi connectivity index (χ1n) is 9.63. The van der Waals surface area contributed by atoms with E-state index in [0.717, 1.165) is 6.42 Å². The van der Waals surface area contributed by atoms with Crippen molar-refractivity contribution in [1.29, 1.82) is 0 Å². The molecule has 1 saturated carbocycles. The Hall–Kier alpha value is -2.14. The summed E-state index contributed by atoms with van der Waals surface area (Å²) < 4.78 is 0. The second-order valence-electron chi connectivity index (χ2n) is 7.39. The predicted octanol–water partition coefficient (Wildman–Crippen LogP) is 4.52. The number of carboxylic acid groups (broad SMARTS) is 1. The molecule has 144 valence electrons. The summed E-state index contributed by atoms with van der Waals surface area (Å²) in [6.45, 7) is 3.42. The number of amides is 1. The minimum Gasteiger partial charge on any atom is -0.481 e. The molecule has 1 N–H and O–H groups in total. The molecule has 0 atom stereocenters. The molecule has 0 aliphatic heterocycles. The minimum atomic E-state index is -0.726. The van der Waals surface area contributed by atoms with Gasteiger partial charge in [0.05, 0.1) is 12.5 Å². The van der Waals surface area contributed by atoms with Gasteiger partial charge in [-0.2, -0.15) is 0 Å². The van der Waals surface area contributed by atoms with Gasteiger partial charge in [0, 0.05) is 22.2 Å². The molecule has 0 unspecified atom stereocenters. The van der Waals surface area contributed by atoms with Gasteiger partial charge in [0.2, 0.25) is 5.91 Å². The predicted molar refractivity (Wildman–Crippen MR) is 108 cm³/mol. The molecular formula is C22H27NO3S. The maximum absolute atomic E-state index is 13.2. The molecule has 1 heterocycles. The Morgan fingerprint density at radius 2 is 1.70 bits per heavy atom. The van der Waals surface area contributed by atoms with Crippen LogP contribution in [0, 0.1) is 18.8 Å². The summed E-state index contributed by atoms with van der Waals surface area (Å²) in [6, 6.07) is 14.4. The second-order valence-corrected chi connectivity index (χ2v) is 8.77. The topological polar surface area (TPSA) is 57.6 Å². The molecule has 1 fully saturated rings. The molecule has 2 aromatic rings. The molecule has 0 saturated heterocycles. The Morgan fingerprint density at radius 1 is 1.04 bits per heavy atom. The van der Waals surface area contributed by atoms with Crippen molar-refractivity contribution < 1.29 is 14.7 Å². The van der Waals surface area contributed by atoms with E-state index in [-0.39, 0.29) is 17.7 Å². The van der Waals surface area contributed by atoms with Crippen LogP contribution in [0.3, 0.4) is 0 Å². The second kappa shape index (κ2) is 9.18. The number of aliphatic carboxylic acids is 1. The zero-order valence-corrected chi connectivity index (χ0v) is 16.6. The zero-order valence-electron chi connectivity index (χ0n) is 15.8.